The molecule has 0 unspecified atom stereocenters. The van der Waals surface area contributed by atoms with Gasteiger partial charge in [-0.25, -0.2) is 4.68 Å². The van der Waals surface area contributed by atoms with Gasteiger partial charge in [0, 0.05) is 11.5 Å². The van der Waals surface area contributed by atoms with Gasteiger partial charge in [-0.15, -0.1) is 5.10 Å². The van der Waals surface area contributed by atoms with E-state index in [2.05, 4.69) is 10.3 Å². The van der Waals surface area contributed by atoms with E-state index < -0.39 is 17.3 Å². The Balaban J connectivity index is 3.44. The highest BCUT2D eigenvalue weighted by molar-refractivity contribution is 5.22. The fourth-order valence-corrected chi connectivity index (χ4v) is 1.54. The summed E-state index contributed by atoms with van der Waals surface area (Å²) in [4.78, 5) is 0. The van der Waals surface area contributed by atoms with Crippen LogP contribution in [0.5, 0.6) is 0 Å². The molecule has 0 aromatic carbocycles. The molecule has 0 aliphatic carbocycles. The first-order chi connectivity index (χ1) is 7.05. The van der Waals surface area contributed by atoms with Gasteiger partial charge >= 0.3 is 6.18 Å². The van der Waals surface area contributed by atoms with E-state index in [0.717, 1.165) is 0 Å². The molecule has 0 aliphatic heterocycles. The molecule has 1 rings (SSSR count). The molecule has 0 saturated heterocycles. The highest BCUT2D eigenvalue weighted by atomic mass is 19.4. The minimum absolute atomic E-state index is 0.134. The third-order valence-electron chi connectivity index (χ3n) is 2.16. The van der Waals surface area contributed by atoms with Crippen LogP contribution in [0.2, 0.25) is 0 Å². The van der Waals surface area contributed by atoms with Crippen molar-refractivity contribution in [3.05, 3.63) is 11.4 Å². The first-order valence-electron chi connectivity index (χ1n) is 5.08. The van der Waals surface area contributed by atoms with Crippen LogP contribution < -0.4 is 0 Å². The van der Waals surface area contributed by atoms with Crippen LogP contribution in [-0.2, 0) is 11.6 Å². The number of alkyl halides is 3. The van der Waals surface area contributed by atoms with Crippen LogP contribution in [-0.4, -0.2) is 15.0 Å². The second kappa shape index (κ2) is 3.75. The SMILES string of the molecule is CC(C)n1nnc(C(F)(F)F)c1C(C)(C)C. The maximum absolute atomic E-state index is 12.7. The van der Waals surface area contributed by atoms with Crippen molar-refractivity contribution >= 4 is 0 Å². The lowest BCUT2D eigenvalue weighted by Gasteiger charge is -2.23. The van der Waals surface area contributed by atoms with Gasteiger partial charge in [0.05, 0.1) is 5.69 Å². The Morgan fingerprint density at radius 3 is 1.94 bits per heavy atom. The Morgan fingerprint density at radius 1 is 1.12 bits per heavy atom. The number of nitrogens with zero attached hydrogens (tertiary/aromatic N) is 3. The summed E-state index contributed by atoms with van der Waals surface area (Å²) < 4.78 is 39.6. The third kappa shape index (κ3) is 2.36. The second-order valence-electron chi connectivity index (χ2n) is 5.07. The number of hydrogen-bond donors (Lipinski definition) is 0. The molecule has 1 heterocycles. The van der Waals surface area contributed by atoms with Gasteiger partial charge in [-0.05, 0) is 13.8 Å². The van der Waals surface area contributed by atoms with Gasteiger partial charge in [-0.1, -0.05) is 26.0 Å². The third-order valence-corrected chi connectivity index (χ3v) is 2.16. The van der Waals surface area contributed by atoms with Crippen molar-refractivity contribution in [1.82, 2.24) is 15.0 Å². The zero-order valence-electron chi connectivity index (χ0n) is 10.1. The van der Waals surface area contributed by atoms with Gasteiger partial charge in [-0.3, -0.25) is 0 Å². The quantitative estimate of drug-likeness (QED) is 0.748. The zero-order valence-corrected chi connectivity index (χ0v) is 10.1. The van der Waals surface area contributed by atoms with Gasteiger partial charge in [0.15, 0.2) is 5.69 Å². The molecule has 0 spiro atoms. The number of aromatic nitrogens is 3. The van der Waals surface area contributed by atoms with Crippen molar-refractivity contribution in [3.63, 3.8) is 0 Å². The van der Waals surface area contributed by atoms with E-state index in [1.54, 1.807) is 34.6 Å². The molecule has 0 radical (unpaired) electrons. The van der Waals surface area contributed by atoms with Gasteiger partial charge < -0.3 is 0 Å². The lowest BCUT2D eigenvalue weighted by atomic mass is 9.90. The molecule has 3 nitrogen and oxygen atoms in total. The fraction of sp³-hybridized carbons (Fsp3) is 0.800. The maximum Gasteiger partial charge on any atom is 0.437 e. The van der Waals surface area contributed by atoms with Crippen molar-refractivity contribution < 1.29 is 13.2 Å². The van der Waals surface area contributed by atoms with Crippen molar-refractivity contribution in [1.29, 1.82) is 0 Å². The zero-order chi connectivity index (χ0) is 12.7. The largest absolute Gasteiger partial charge is 0.437 e. The molecule has 0 aliphatic rings. The Bertz CT molecular complexity index is 372. The van der Waals surface area contributed by atoms with E-state index in [1.807, 2.05) is 0 Å². The molecular formula is C10H16F3N3. The van der Waals surface area contributed by atoms with Crippen molar-refractivity contribution in [2.75, 3.05) is 0 Å². The number of halogens is 3. The molecule has 1 aromatic heterocycles. The van der Waals surface area contributed by atoms with Crippen molar-refractivity contribution in [2.45, 2.75) is 52.3 Å². The van der Waals surface area contributed by atoms with Crippen LogP contribution in [0.4, 0.5) is 13.2 Å². The van der Waals surface area contributed by atoms with E-state index in [4.69, 9.17) is 0 Å². The average Bonchev–Trinajstić information content (AvgIpc) is 2.43. The highest BCUT2D eigenvalue weighted by Crippen LogP contribution is 2.36. The van der Waals surface area contributed by atoms with Crippen LogP contribution in [0.15, 0.2) is 0 Å². The normalized spacial score (nSPS) is 13.6. The predicted molar refractivity (Wildman–Crippen MR) is 54.1 cm³/mol. The Kier molecular flexibility index (Phi) is 3.04. The van der Waals surface area contributed by atoms with Crippen LogP contribution in [0.3, 0.4) is 0 Å². The molecule has 92 valence electrons. The Morgan fingerprint density at radius 2 is 1.62 bits per heavy atom. The van der Waals surface area contributed by atoms with E-state index in [0.29, 0.717) is 0 Å². The number of rotatable bonds is 1. The summed E-state index contributed by atoms with van der Waals surface area (Å²) in [5.41, 5.74) is -1.39. The summed E-state index contributed by atoms with van der Waals surface area (Å²) in [6.07, 6.45) is -4.45. The lowest BCUT2D eigenvalue weighted by molar-refractivity contribution is -0.142. The van der Waals surface area contributed by atoms with Gasteiger partial charge in [0.25, 0.3) is 0 Å². The van der Waals surface area contributed by atoms with E-state index >= 15 is 0 Å². The highest BCUT2D eigenvalue weighted by Gasteiger charge is 2.42. The van der Waals surface area contributed by atoms with Crippen molar-refractivity contribution in [2.24, 2.45) is 0 Å². The lowest BCUT2D eigenvalue weighted by Crippen LogP contribution is -2.24. The van der Waals surface area contributed by atoms with Crippen molar-refractivity contribution in [3.8, 4) is 0 Å². The van der Waals surface area contributed by atoms with Gasteiger partial charge in [0.1, 0.15) is 0 Å². The summed E-state index contributed by atoms with van der Waals surface area (Å²) in [7, 11) is 0. The Hall–Kier alpha value is -1.07. The Labute approximate surface area is 92.6 Å². The molecule has 6 heteroatoms. The van der Waals surface area contributed by atoms with Gasteiger partial charge in [0.2, 0.25) is 0 Å². The van der Waals surface area contributed by atoms with Crippen LogP contribution in [0.1, 0.15) is 52.0 Å². The summed E-state index contributed by atoms with van der Waals surface area (Å²) in [5, 5.41) is 6.86. The first kappa shape index (κ1) is 13.0. The van der Waals surface area contributed by atoms with Gasteiger partial charge in [-0.2, -0.15) is 13.2 Å². The molecule has 0 atom stereocenters. The first-order valence-corrected chi connectivity index (χ1v) is 5.08. The molecule has 0 amide bonds. The summed E-state index contributed by atoms with van der Waals surface area (Å²) in [6, 6.07) is -0.141. The predicted octanol–water partition coefficient (Wildman–Crippen LogP) is 3.18. The molecule has 0 fully saturated rings. The number of hydrogen-bond acceptors (Lipinski definition) is 2. The minimum Gasteiger partial charge on any atom is -0.246 e. The molecule has 0 bridgehead atoms. The fourth-order valence-electron chi connectivity index (χ4n) is 1.54. The van der Waals surface area contributed by atoms with Crippen LogP contribution in [0, 0.1) is 0 Å². The summed E-state index contributed by atoms with van der Waals surface area (Å²) in [6.45, 7) is 8.73. The molecule has 1 aromatic rings. The maximum atomic E-state index is 12.7. The summed E-state index contributed by atoms with van der Waals surface area (Å²) >= 11 is 0. The molecule has 0 saturated carbocycles. The second-order valence-corrected chi connectivity index (χ2v) is 5.07. The average molecular weight is 235 g/mol. The van der Waals surface area contributed by atoms with Crippen LogP contribution in [0.25, 0.3) is 0 Å². The summed E-state index contributed by atoms with van der Waals surface area (Å²) in [5.74, 6) is 0. The van der Waals surface area contributed by atoms with E-state index in [1.165, 1.54) is 4.68 Å². The molecule has 0 N–H and O–H groups in total. The van der Waals surface area contributed by atoms with E-state index in [-0.39, 0.29) is 11.7 Å². The topological polar surface area (TPSA) is 30.7 Å². The standard InChI is InChI=1S/C10H16F3N3/c1-6(2)16-8(9(3,4)5)7(14-15-16)10(11,12)13/h6H,1-5H3. The van der Waals surface area contributed by atoms with Crippen LogP contribution >= 0.6 is 0 Å². The smallest absolute Gasteiger partial charge is 0.246 e. The monoisotopic (exact) mass is 235 g/mol. The molecular weight excluding hydrogens is 219 g/mol. The molecule has 16 heavy (non-hydrogen) atoms. The minimum atomic E-state index is -4.45. The van der Waals surface area contributed by atoms with E-state index in [9.17, 15) is 13.2 Å².